The van der Waals surface area contributed by atoms with Crippen LogP contribution in [-0.2, 0) is 6.42 Å². The van der Waals surface area contributed by atoms with Crippen molar-refractivity contribution in [2.45, 2.75) is 26.3 Å². The smallest absolute Gasteiger partial charge is 0.118 e. The van der Waals surface area contributed by atoms with Gasteiger partial charge in [0.2, 0.25) is 0 Å². The third kappa shape index (κ3) is 4.48. The van der Waals surface area contributed by atoms with Crippen LogP contribution in [0, 0.1) is 6.92 Å². The van der Waals surface area contributed by atoms with Gasteiger partial charge in [-0.15, -0.1) is 0 Å². The molecule has 0 aromatic heterocycles. The second-order valence-electron chi connectivity index (χ2n) is 5.22. The van der Waals surface area contributed by atoms with Gasteiger partial charge in [-0.05, 0) is 60.8 Å². The van der Waals surface area contributed by atoms with Crippen LogP contribution in [0.1, 0.15) is 29.7 Å². The summed E-state index contributed by atoms with van der Waals surface area (Å²) < 4.78 is 5.20. The van der Waals surface area contributed by atoms with Crippen LogP contribution in [0.2, 0.25) is 5.02 Å². The van der Waals surface area contributed by atoms with Crippen LogP contribution in [0.5, 0.6) is 5.75 Å². The molecule has 0 aliphatic carbocycles. The first-order valence-electron chi connectivity index (χ1n) is 7.25. The van der Waals surface area contributed by atoms with Gasteiger partial charge in [0.15, 0.2) is 0 Å². The maximum Gasteiger partial charge on any atom is 0.118 e. The number of rotatable bonds is 6. The molecule has 0 radical (unpaired) electrons. The average Bonchev–Trinajstić information content (AvgIpc) is 2.46. The van der Waals surface area contributed by atoms with Crippen molar-refractivity contribution in [2.75, 3.05) is 13.7 Å². The summed E-state index contributed by atoms with van der Waals surface area (Å²) in [4.78, 5) is 0. The quantitative estimate of drug-likeness (QED) is 0.845. The van der Waals surface area contributed by atoms with Crippen molar-refractivity contribution in [1.29, 1.82) is 0 Å². The Morgan fingerprint density at radius 1 is 1.14 bits per heavy atom. The summed E-state index contributed by atoms with van der Waals surface area (Å²) in [5.41, 5.74) is 3.70. The Bertz CT molecular complexity index is 560. The summed E-state index contributed by atoms with van der Waals surface area (Å²) >= 11 is 6.19. The molecular weight excluding hydrogens is 282 g/mol. The number of ether oxygens (including phenoxy) is 1. The molecule has 1 unspecified atom stereocenters. The molecule has 1 N–H and O–H groups in total. The van der Waals surface area contributed by atoms with Gasteiger partial charge in [0.25, 0.3) is 0 Å². The summed E-state index contributed by atoms with van der Waals surface area (Å²) in [7, 11) is 1.69. The van der Waals surface area contributed by atoms with Gasteiger partial charge < -0.3 is 10.1 Å². The van der Waals surface area contributed by atoms with Crippen molar-refractivity contribution in [3.8, 4) is 5.75 Å². The van der Waals surface area contributed by atoms with Gasteiger partial charge in [0.05, 0.1) is 7.11 Å². The van der Waals surface area contributed by atoms with E-state index < -0.39 is 0 Å². The first-order chi connectivity index (χ1) is 10.1. The molecular formula is C18H22ClNO. The van der Waals surface area contributed by atoms with Gasteiger partial charge >= 0.3 is 0 Å². The lowest BCUT2D eigenvalue weighted by molar-refractivity contribution is 0.414. The third-order valence-corrected chi connectivity index (χ3v) is 3.73. The number of nitrogens with one attached hydrogen (secondary N) is 1. The fourth-order valence-corrected chi connectivity index (χ4v) is 2.82. The summed E-state index contributed by atoms with van der Waals surface area (Å²) in [6.45, 7) is 5.12. The lowest BCUT2D eigenvalue weighted by Gasteiger charge is -2.19. The number of aryl methyl sites for hydroxylation is 1. The van der Waals surface area contributed by atoms with Gasteiger partial charge in [0.1, 0.15) is 5.75 Å². The molecule has 2 rings (SSSR count). The van der Waals surface area contributed by atoms with E-state index >= 15 is 0 Å². The summed E-state index contributed by atoms with van der Waals surface area (Å²) in [6, 6.07) is 14.7. The molecule has 0 aliphatic heterocycles. The Labute approximate surface area is 132 Å². The number of halogens is 1. The standard InChI is InChI=1S/C18H22ClNO/c1-4-20-18(15-9-13(2)10-16(19)12-15)11-14-5-7-17(21-3)8-6-14/h5-10,12,18,20H,4,11H2,1-3H3. The molecule has 0 bridgehead atoms. The van der Waals surface area contributed by atoms with E-state index in [4.69, 9.17) is 16.3 Å². The van der Waals surface area contributed by atoms with Crippen molar-refractivity contribution in [3.05, 3.63) is 64.2 Å². The van der Waals surface area contributed by atoms with Crippen molar-refractivity contribution < 1.29 is 4.74 Å². The van der Waals surface area contributed by atoms with E-state index in [9.17, 15) is 0 Å². The number of benzene rings is 2. The SMILES string of the molecule is CCNC(Cc1ccc(OC)cc1)c1cc(C)cc(Cl)c1. The molecule has 112 valence electrons. The summed E-state index contributed by atoms with van der Waals surface area (Å²) in [6.07, 6.45) is 0.928. The molecule has 0 aliphatic rings. The molecule has 21 heavy (non-hydrogen) atoms. The normalized spacial score (nSPS) is 12.2. The highest BCUT2D eigenvalue weighted by molar-refractivity contribution is 6.30. The molecule has 0 saturated carbocycles. The van der Waals surface area contributed by atoms with Crippen LogP contribution < -0.4 is 10.1 Å². The zero-order chi connectivity index (χ0) is 15.2. The van der Waals surface area contributed by atoms with E-state index in [1.807, 2.05) is 24.3 Å². The highest BCUT2D eigenvalue weighted by Crippen LogP contribution is 2.24. The van der Waals surface area contributed by atoms with E-state index in [0.717, 1.165) is 23.7 Å². The predicted octanol–water partition coefficient (Wildman–Crippen LogP) is 4.55. The van der Waals surface area contributed by atoms with Crippen molar-refractivity contribution >= 4 is 11.6 Å². The minimum atomic E-state index is 0.265. The maximum absolute atomic E-state index is 6.19. The molecule has 0 heterocycles. The first kappa shape index (κ1) is 15.9. The highest BCUT2D eigenvalue weighted by Gasteiger charge is 2.12. The largest absolute Gasteiger partial charge is 0.497 e. The lowest BCUT2D eigenvalue weighted by Crippen LogP contribution is -2.23. The lowest BCUT2D eigenvalue weighted by atomic mass is 9.97. The van der Waals surface area contributed by atoms with Crippen LogP contribution in [0.4, 0.5) is 0 Å². The Kier molecular flexibility index (Phi) is 5.66. The molecule has 1 atom stereocenters. The number of hydrogen-bond donors (Lipinski definition) is 1. The minimum absolute atomic E-state index is 0.265. The van der Waals surface area contributed by atoms with E-state index in [-0.39, 0.29) is 6.04 Å². The molecule has 0 spiro atoms. The molecule has 3 heteroatoms. The van der Waals surface area contributed by atoms with Crippen LogP contribution in [0.15, 0.2) is 42.5 Å². The van der Waals surface area contributed by atoms with Gasteiger partial charge in [-0.1, -0.05) is 36.7 Å². The molecule has 0 saturated heterocycles. The number of methoxy groups -OCH3 is 1. The second kappa shape index (κ2) is 7.48. The number of likely N-dealkylation sites (N-methyl/N-ethyl adjacent to an activating group) is 1. The fourth-order valence-electron chi connectivity index (χ4n) is 2.52. The first-order valence-corrected chi connectivity index (χ1v) is 7.63. The Morgan fingerprint density at radius 3 is 2.43 bits per heavy atom. The van der Waals surface area contributed by atoms with E-state index in [0.29, 0.717) is 0 Å². The molecule has 0 amide bonds. The number of hydrogen-bond acceptors (Lipinski definition) is 2. The Hall–Kier alpha value is -1.51. The zero-order valence-electron chi connectivity index (χ0n) is 12.8. The summed E-state index contributed by atoms with van der Waals surface area (Å²) in [5, 5.41) is 4.33. The average molecular weight is 304 g/mol. The van der Waals surface area contributed by atoms with Crippen molar-refractivity contribution in [3.63, 3.8) is 0 Å². The fraction of sp³-hybridized carbons (Fsp3) is 0.333. The minimum Gasteiger partial charge on any atom is -0.497 e. The van der Waals surface area contributed by atoms with Crippen LogP contribution >= 0.6 is 11.6 Å². The van der Waals surface area contributed by atoms with Gasteiger partial charge in [-0.25, -0.2) is 0 Å². The van der Waals surface area contributed by atoms with Gasteiger partial charge in [0, 0.05) is 11.1 Å². The molecule has 2 nitrogen and oxygen atoms in total. The van der Waals surface area contributed by atoms with E-state index in [1.165, 1.54) is 16.7 Å². The maximum atomic E-state index is 6.19. The van der Waals surface area contributed by atoms with Gasteiger partial charge in [-0.3, -0.25) is 0 Å². The van der Waals surface area contributed by atoms with Crippen molar-refractivity contribution in [2.24, 2.45) is 0 Å². The Balaban J connectivity index is 2.21. The molecule has 0 fully saturated rings. The van der Waals surface area contributed by atoms with Crippen LogP contribution in [-0.4, -0.2) is 13.7 Å². The highest BCUT2D eigenvalue weighted by atomic mass is 35.5. The Morgan fingerprint density at radius 2 is 1.86 bits per heavy atom. The predicted molar refractivity (Wildman–Crippen MR) is 89.3 cm³/mol. The zero-order valence-corrected chi connectivity index (χ0v) is 13.6. The molecule has 2 aromatic rings. The summed E-state index contributed by atoms with van der Waals surface area (Å²) in [5.74, 6) is 0.886. The molecule has 2 aromatic carbocycles. The topological polar surface area (TPSA) is 21.3 Å². The van der Waals surface area contributed by atoms with E-state index in [2.05, 4.69) is 37.4 Å². The second-order valence-corrected chi connectivity index (χ2v) is 5.66. The monoisotopic (exact) mass is 303 g/mol. The van der Waals surface area contributed by atoms with Crippen LogP contribution in [0.25, 0.3) is 0 Å². The van der Waals surface area contributed by atoms with Crippen molar-refractivity contribution in [1.82, 2.24) is 5.32 Å². The van der Waals surface area contributed by atoms with E-state index in [1.54, 1.807) is 7.11 Å². The third-order valence-electron chi connectivity index (χ3n) is 3.52. The van der Waals surface area contributed by atoms with Crippen LogP contribution in [0.3, 0.4) is 0 Å². The van der Waals surface area contributed by atoms with Gasteiger partial charge in [-0.2, -0.15) is 0 Å².